The van der Waals surface area contributed by atoms with Crippen LogP contribution in [0.15, 0.2) is 12.2 Å². The summed E-state index contributed by atoms with van der Waals surface area (Å²) in [6.45, 7) is 1.72. The molecule has 0 rings (SSSR count). The zero-order valence-corrected chi connectivity index (χ0v) is 5.74. The lowest BCUT2D eigenvalue weighted by molar-refractivity contribution is -0.157. The van der Waals surface area contributed by atoms with Crippen LogP contribution in [0.3, 0.4) is 0 Å². The molecular weight excluding hydrogens is 134 g/mol. The minimum Gasteiger partial charge on any atom is -0.478 e. The molecule has 4 nitrogen and oxygen atoms in total. The Morgan fingerprint density at radius 3 is 2.60 bits per heavy atom. The van der Waals surface area contributed by atoms with Gasteiger partial charge in [0.25, 0.3) is 0 Å². The van der Waals surface area contributed by atoms with Gasteiger partial charge in [-0.1, -0.05) is 12.2 Å². The molecule has 58 valence electrons. The molecule has 0 aromatic rings. The van der Waals surface area contributed by atoms with Crippen molar-refractivity contribution >= 4 is 5.97 Å². The van der Waals surface area contributed by atoms with Gasteiger partial charge in [0.2, 0.25) is 5.72 Å². The molecule has 0 heterocycles. The van der Waals surface area contributed by atoms with E-state index in [1.54, 1.807) is 13.0 Å². The minimum absolute atomic E-state index is 0.0706. The Kier molecular flexibility index (Phi) is 3.05. The fraction of sp³-hybridized carbons (Fsp3) is 0.500. The van der Waals surface area contributed by atoms with Crippen molar-refractivity contribution in [3.8, 4) is 0 Å². The summed E-state index contributed by atoms with van der Waals surface area (Å²) in [5, 5.41) is 17.1. The van der Waals surface area contributed by atoms with E-state index in [-0.39, 0.29) is 6.42 Å². The summed E-state index contributed by atoms with van der Waals surface area (Å²) in [6.07, 6.45) is 3.05. The van der Waals surface area contributed by atoms with E-state index < -0.39 is 11.7 Å². The van der Waals surface area contributed by atoms with Gasteiger partial charge in [-0.15, -0.1) is 0 Å². The van der Waals surface area contributed by atoms with Crippen molar-refractivity contribution in [1.82, 2.24) is 0 Å². The number of carboxylic acids is 1. The van der Waals surface area contributed by atoms with Gasteiger partial charge in [-0.2, -0.15) is 0 Å². The average molecular weight is 145 g/mol. The van der Waals surface area contributed by atoms with Crippen LogP contribution in [0.1, 0.15) is 13.3 Å². The summed E-state index contributed by atoms with van der Waals surface area (Å²) < 4.78 is 0. The third kappa shape index (κ3) is 2.61. The first-order chi connectivity index (χ1) is 4.50. The van der Waals surface area contributed by atoms with Crippen molar-refractivity contribution < 1.29 is 15.0 Å². The zero-order valence-electron chi connectivity index (χ0n) is 5.74. The summed E-state index contributed by atoms with van der Waals surface area (Å²) in [6, 6.07) is 0. The van der Waals surface area contributed by atoms with E-state index in [1.165, 1.54) is 6.08 Å². The van der Waals surface area contributed by atoms with Crippen LogP contribution in [0.25, 0.3) is 0 Å². The fourth-order valence-electron chi connectivity index (χ4n) is 0.385. The summed E-state index contributed by atoms with van der Waals surface area (Å²) in [4.78, 5) is 10.1. The first-order valence-corrected chi connectivity index (χ1v) is 2.86. The Morgan fingerprint density at radius 1 is 1.80 bits per heavy atom. The Bertz CT molecular complexity index is 151. The standard InChI is InChI=1S/C6H11NO3/c1-2-3-4-6(7,10)5(8)9/h2-3,10H,4,7H2,1H3,(H,8,9). The topological polar surface area (TPSA) is 83.5 Å². The number of hydrogen-bond acceptors (Lipinski definition) is 3. The van der Waals surface area contributed by atoms with Gasteiger partial charge in [0.15, 0.2) is 0 Å². The van der Waals surface area contributed by atoms with Crippen LogP contribution in [0.5, 0.6) is 0 Å². The molecule has 0 saturated heterocycles. The Morgan fingerprint density at radius 2 is 2.30 bits per heavy atom. The molecule has 0 fully saturated rings. The van der Waals surface area contributed by atoms with Gasteiger partial charge in [-0.05, 0) is 6.92 Å². The van der Waals surface area contributed by atoms with E-state index >= 15 is 0 Å². The summed E-state index contributed by atoms with van der Waals surface area (Å²) in [7, 11) is 0. The largest absolute Gasteiger partial charge is 0.478 e. The summed E-state index contributed by atoms with van der Waals surface area (Å²) in [5.74, 6) is -1.41. The lowest BCUT2D eigenvalue weighted by Crippen LogP contribution is -2.47. The highest BCUT2D eigenvalue weighted by atomic mass is 16.4. The molecule has 0 aliphatic rings. The van der Waals surface area contributed by atoms with Crippen molar-refractivity contribution in [1.29, 1.82) is 0 Å². The van der Waals surface area contributed by atoms with Gasteiger partial charge in [0, 0.05) is 6.42 Å². The maximum absolute atomic E-state index is 10.1. The van der Waals surface area contributed by atoms with Crippen LogP contribution in [0.4, 0.5) is 0 Å². The first kappa shape index (κ1) is 9.13. The number of rotatable bonds is 3. The monoisotopic (exact) mass is 145 g/mol. The van der Waals surface area contributed by atoms with Gasteiger partial charge >= 0.3 is 5.97 Å². The third-order valence-corrected chi connectivity index (χ3v) is 1.04. The SMILES string of the molecule is CC=CCC(N)(O)C(=O)O. The third-order valence-electron chi connectivity index (χ3n) is 1.04. The van der Waals surface area contributed by atoms with Crippen LogP contribution >= 0.6 is 0 Å². The van der Waals surface area contributed by atoms with Crippen molar-refractivity contribution in [2.75, 3.05) is 0 Å². The summed E-state index contributed by atoms with van der Waals surface area (Å²) in [5.41, 5.74) is 2.83. The second kappa shape index (κ2) is 3.34. The predicted molar refractivity (Wildman–Crippen MR) is 36.2 cm³/mol. The molecule has 0 aliphatic carbocycles. The second-order valence-electron chi connectivity index (χ2n) is 2.00. The van der Waals surface area contributed by atoms with E-state index in [0.29, 0.717) is 0 Å². The molecule has 0 spiro atoms. The predicted octanol–water partition coefficient (Wildman–Crippen LogP) is -0.315. The Balaban J connectivity index is 3.99. The highest BCUT2D eigenvalue weighted by Gasteiger charge is 2.28. The number of carbonyl (C=O) groups is 1. The molecule has 0 saturated carbocycles. The summed E-state index contributed by atoms with van der Waals surface area (Å²) >= 11 is 0. The molecule has 4 heteroatoms. The average Bonchev–Trinajstić information content (AvgIpc) is 1.84. The lowest BCUT2D eigenvalue weighted by atomic mass is 10.1. The van der Waals surface area contributed by atoms with Crippen LogP contribution in [-0.2, 0) is 4.79 Å². The van der Waals surface area contributed by atoms with Crippen LogP contribution in [0.2, 0.25) is 0 Å². The number of nitrogens with two attached hydrogens (primary N) is 1. The first-order valence-electron chi connectivity index (χ1n) is 2.86. The number of allylic oxidation sites excluding steroid dienone is 1. The minimum atomic E-state index is -2.12. The van der Waals surface area contributed by atoms with Gasteiger partial charge in [0.1, 0.15) is 0 Å². The maximum Gasteiger partial charge on any atom is 0.351 e. The number of aliphatic hydroxyl groups is 1. The molecule has 1 unspecified atom stereocenters. The highest BCUT2D eigenvalue weighted by molar-refractivity contribution is 5.76. The van der Waals surface area contributed by atoms with E-state index in [1.807, 2.05) is 0 Å². The molecule has 0 radical (unpaired) electrons. The molecule has 0 aromatic carbocycles. The Hall–Kier alpha value is -0.870. The molecule has 10 heavy (non-hydrogen) atoms. The quantitative estimate of drug-likeness (QED) is 0.375. The van der Waals surface area contributed by atoms with Crippen LogP contribution < -0.4 is 5.73 Å². The smallest absolute Gasteiger partial charge is 0.351 e. The normalized spacial score (nSPS) is 17.1. The van der Waals surface area contributed by atoms with Crippen molar-refractivity contribution in [2.24, 2.45) is 5.73 Å². The molecule has 1 atom stereocenters. The van der Waals surface area contributed by atoms with Gasteiger partial charge in [0.05, 0.1) is 0 Å². The van der Waals surface area contributed by atoms with Crippen LogP contribution in [-0.4, -0.2) is 21.9 Å². The van der Waals surface area contributed by atoms with Crippen LogP contribution in [0, 0.1) is 0 Å². The molecular formula is C6H11NO3. The van der Waals surface area contributed by atoms with E-state index in [4.69, 9.17) is 15.9 Å². The number of aliphatic carboxylic acids is 1. The van der Waals surface area contributed by atoms with E-state index in [9.17, 15) is 4.79 Å². The fourth-order valence-corrected chi connectivity index (χ4v) is 0.385. The second-order valence-corrected chi connectivity index (χ2v) is 2.00. The number of hydrogen-bond donors (Lipinski definition) is 3. The van der Waals surface area contributed by atoms with Gasteiger partial charge in [-0.25, -0.2) is 4.79 Å². The van der Waals surface area contributed by atoms with Gasteiger partial charge in [-0.3, -0.25) is 5.73 Å². The lowest BCUT2D eigenvalue weighted by Gasteiger charge is -2.14. The molecule has 0 aromatic heterocycles. The van der Waals surface area contributed by atoms with Crippen molar-refractivity contribution in [2.45, 2.75) is 19.1 Å². The van der Waals surface area contributed by atoms with E-state index in [2.05, 4.69) is 0 Å². The molecule has 4 N–H and O–H groups in total. The molecule has 0 aliphatic heterocycles. The highest BCUT2D eigenvalue weighted by Crippen LogP contribution is 2.02. The maximum atomic E-state index is 10.1. The molecule has 0 amide bonds. The van der Waals surface area contributed by atoms with Crippen molar-refractivity contribution in [3.05, 3.63) is 12.2 Å². The van der Waals surface area contributed by atoms with E-state index in [0.717, 1.165) is 0 Å². The zero-order chi connectivity index (χ0) is 8.20. The van der Waals surface area contributed by atoms with Crippen molar-refractivity contribution in [3.63, 3.8) is 0 Å². The number of carboxylic acid groups (broad SMARTS) is 1. The Labute approximate surface area is 59.0 Å². The molecule has 0 bridgehead atoms. The van der Waals surface area contributed by atoms with Gasteiger partial charge < -0.3 is 10.2 Å².